The summed E-state index contributed by atoms with van der Waals surface area (Å²) in [6.07, 6.45) is 0. The highest BCUT2D eigenvalue weighted by Crippen LogP contribution is 2.24. The van der Waals surface area contributed by atoms with Gasteiger partial charge in [0.2, 0.25) is 0 Å². The second kappa shape index (κ2) is 4.54. The van der Waals surface area contributed by atoms with Crippen LogP contribution in [-0.4, -0.2) is 24.0 Å². The van der Waals surface area contributed by atoms with Crippen molar-refractivity contribution in [1.82, 2.24) is 9.88 Å². The maximum Gasteiger partial charge on any atom is 0.128 e. The van der Waals surface area contributed by atoms with Crippen molar-refractivity contribution >= 4 is 11.3 Å². The number of rotatable bonds is 3. The largest absolute Gasteiger partial charge is 0.303 e. The average molecular weight is 209 g/mol. The SMILES string of the molecule is CC(C)c1nc(CN(C)C)sc1C#N. The molecule has 0 unspecified atom stereocenters. The van der Waals surface area contributed by atoms with Gasteiger partial charge in [0.05, 0.1) is 5.69 Å². The zero-order chi connectivity index (χ0) is 10.7. The maximum atomic E-state index is 8.92. The zero-order valence-corrected chi connectivity index (χ0v) is 9.85. The maximum absolute atomic E-state index is 8.92. The van der Waals surface area contributed by atoms with Gasteiger partial charge in [-0.15, -0.1) is 11.3 Å². The van der Waals surface area contributed by atoms with E-state index >= 15 is 0 Å². The molecule has 0 aliphatic heterocycles. The molecular formula is C10H15N3S. The van der Waals surface area contributed by atoms with Crippen LogP contribution in [0, 0.1) is 11.3 Å². The van der Waals surface area contributed by atoms with E-state index in [0.29, 0.717) is 5.92 Å². The fraction of sp³-hybridized carbons (Fsp3) is 0.600. The fourth-order valence-electron chi connectivity index (χ4n) is 1.19. The highest BCUT2D eigenvalue weighted by molar-refractivity contribution is 7.12. The van der Waals surface area contributed by atoms with Crippen molar-refractivity contribution in [2.45, 2.75) is 26.3 Å². The Bertz CT molecular complexity index is 347. The molecule has 14 heavy (non-hydrogen) atoms. The molecule has 0 aliphatic rings. The zero-order valence-electron chi connectivity index (χ0n) is 9.03. The minimum Gasteiger partial charge on any atom is -0.303 e. The molecule has 1 rings (SSSR count). The number of thiazole rings is 1. The molecule has 1 heterocycles. The minimum absolute atomic E-state index is 0.330. The van der Waals surface area contributed by atoms with Crippen molar-refractivity contribution in [2.75, 3.05) is 14.1 Å². The Labute approximate surface area is 89.0 Å². The number of hydrogen-bond acceptors (Lipinski definition) is 4. The predicted octanol–water partition coefficient (Wildman–Crippen LogP) is 2.20. The first-order valence-electron chi connectivity index (χ1n) is 4.59. The Kier molecular flexibility index (Phi) is 3.62. The summed E-state index contributed by atoms with van der Waals surface area (Å²) in [4.78, 5) is 7.30. The van der Waals surface area contributed by atoms with Crippen molar-refractivity contribution in [1.29, 1.82) is 5.26 Å². The van der Waals surface area contributed by atoms with Crippen LogP contribution in [-0.2, 0) is 6.54 Å². The highest BCUT2D eigenvalue weighted by Gasteiger charge is 2.13. The molecule has 0 N–H and O–H groups in total. The lowest BCUT2D eigenvalue weighted by Gasteiger charge is -2.05. The highest BCUT2D eigenvalue weighted by atomic mass is 32.1. The van der Waals surface area contributed by atoms with Crippen molar-refractivity contribution in [2.24, 2.45) is 0 Å². The van der Waals surface area contributed by atoms with Gasteiger partial charge in [0, 0.05) is 6.54 Å². The summed E-state index contributed by atoms with van der Waals surface area (Å²) in [6, 6.07) is 2.21. The van der Waals surface area contributed by atoms with Gasteiger partial charge in [0.15, 0.2) is 0 Å². The second-order valence-corrected chi connectivity index (χ2v) is 4.91. The summed E-state index contributed by atoms with van der Waals surface area (Å²) in [5.74, 6) is 0.330. The third kappa shape index (κ3) is 2.53. The fourth-order valence-corrected chi connectivity index (χ4v) is 2.32. The smallest absolute Gasteiger partial charge is 0.128 e. The van der Waals surface area contributed by atoms with Gasteiger partial charge in [-0.3, -0.25) is 0 Å². The summed E-state index contributed by atoms with van der Waals surface area (Å²) in [5, 5.41) is 9.94. The Morgan fingerprint density at radius 3 is 2.50 bits per heavy atom. The first-order chi connectivity index (χ1) is 6.54. The van der Waals surface area contributed by atoms with Crippen LogP contribution in [0.3, 0.4) is 0 Å². The lowest BCUT2D eigenvalue weighted by atomic mass is 10.1. The number of nitrogens with zero attached hydrogens (tertiary/aromatic N) is 3. The Morgan fingerprint density at radius 1 is 1.50 bits per heavy atom. The average Bonchev–Trinajstić information content (AvgIpc) is 2.46. The predicted molar refractivity (Wildman–Crippen MR) is 58.3 cm³/mol. The van der Waals surface area contributed by atoms with Gasteiger partial charge in [0.25, 0.3) is 0 Å². The molecule has 0 saturated carbocycles. The van der Waals surface area contributed by atoms with Crippen LogP contribution in [0.4, 0.5) is 0 Å². The van der Waals surface area contributed by atoms with E-state index in [1.54, 1.807) is 0 Å². The molecule has 0 amide bonds. The topological polar surface area (TPSA) is 39.9 Å². The first-order valence-corrected chi connectivity index (χ1v) is 5.40. The standard InChI is InChI=1S/C10H15N3S/c1-7(2)10-8(5-11)14-9(12-10)6-13(3)4/h7H,6H2,1-4H3. The Morgan fingerprint density at radius 2 is 2.14 bits per heavy atom. The van der Waals surface area contributed by atoms with E-state index in [2.05, 4.69) is 29.8 Å². The third-order valence-electron chi connectivity index (χ3n) is 1.80. The normalized spacial score (nSPS) is 10.9. The molecule has 0 radical (unpaired) electrons. The summed E-state index contributed by atoms with van der Waals surface area (Å²) >= 11 is 1.50. The molecule has 0 saturated heterocycles. The molecule has 76 valence electrons. The van der Waals surface area contributed by atoms with Crippen LogP contribution in [0.5, 0.6) is 0 Å². The number of hydrogen-bond donors (Lipinski definition) is 0. The lowest BCUT2D eigenvalue weighted by molar-refractivity contribution is 0.401. The van der Waals surface area contributed by atoms with E-state index in [4.69, 9.17) is 5.26 Å². The van der Waals surface area contributed by atoms with Crippen LogP contribution < -0.4 is 0 Å². The van der Waals surface area contributed by atoms with Gasteiger partial charge in [-0.1, -0.05) is 13.8 Å². The molecule has 0 aromatic carbocycles. The van der Waals surface area contributed by atoms with E-state index in [0.717, 1.165) is 22.1 Å². The number of aromatic nitrogens is 1. The van der Waals surface area contributed by atoms with Crippen LogP contribution in [0.1, 0.15) is 35.3 Å². The van der Waals surface area contributed by atoms with Gasteiger partial charge < -0.3 is 4.90 Å². The summed E-state index contributed by atoms with van der Waals surface area (Å²) in [5.41, 5.74) is 0.939. The van der Waals surface area contributed by atoms with Crippen molar-refractivity contribution in [3.63, 3.8) is 0 Å². The van der Waals surface area contributed by atoms with Crippen molar-refractivity contribution in [3.8, 4) is 6.07 Å². The molecule has 1 aromatic heterocycles. The first kappa shape index (κ1) is 11.2. The van der Waals surface area contributed by atoms with Crippen LogP contribution >= 0.6 is 11.3 Å². The molecule has 4 heteroatoms. The summed E-state index contributed by atoms with van der Waals surface area (Å²) in [7, 11) is 4.00. The van der Waals surface area contributed by atoms with Gasteiger partial charge in [-0.2, -0.15) is 5.26 Å². The Balaban J connectivity index is 2.96. The summed E-state index contributed by atoms with van der Waals surface area (Å²) < 4.78 is 0. The molecule has 0 fully saturated rings. The van der Waals surface area contributed by atoms with Crippen LogP contribution in [0.2, 0.25) is 0 Å². The molecule has 3 nitrogen and oxygen atoms in total. The van der Waals surface area contributed by atoms with E-state index < -0.39 is 0 Å². The minimum atomic E-state index is 0.330. The van der Waals surface area contributed by atoms with Crippen LogP contribution in [0.15, 0.2) is 0 Å². The lowest BCUT2D eigenvalue weighted by Crippen LogP contribution is -2.10. The van der Waals surface area contributed by atoms with Crippen molar-refractivity contribution < 1.29 is 0 Å². The van der Waals surface area contributed by atoms with Gasteiger partial charge >= 0.3 is 0 Å². The third-order valence-corrected chi connectivity index (χ3v) is 2.76. The monoisotopic (exact) mass is 209 g/mol. The molecule has 0 bridgehead atoms. The molecule has 0 spiro atoms. The van der Waals surface area contributed by atoms with Gasteiger partial charge in [-0.25, -0.2) is 4.98 Å². The van der Waals surface area contributed by atoms with E-state index in [1.165, 1.54) is 11.3 Å². The summed E-state index contributed by atoms with van der Waals surface area (Å²) in [6.45, 7) is 4.94. The molecule has 0 aliphatic carbocycles. The number of nitriles is 1. The molecular weight excluding hydrogens is 194 g/mol. The molecule has 0 atom stereocenters. The molecule has 1 aromatic rings. The van der Waals surface area contributed by atoms with E-state index in [9.17, 15) is 0 Å². The van der Waals surface area contributed by atoms with Gasteiger partial charge in [-0.05, 0) is 20.0 Å². The Hall–Kier alpha value is -0.920. The van der Waals surface area contributed by atoms with Crippen LogP contribution in [0.25, 0.3) is 0 Å². The van der Waals surface area contributed by atoms with E-state index in [1.807, 2.05) is 14.1 Å². The second-order valence-electron chi connectivity index (χ2n) is 3.83. The van der Waals surface area contributed by atoms with E-state index in [-0.39, 0.29) is 0 Å². The quantitative estimate of drug-likeness (QED) is 0.766. The van der Waals surface area contributed by atoms with Crippen molar-refractivity contribution in [3.05, 3.63) is 15.6 Å². The van der Waals surface area contributed by atoms with Gasteiger partial charge in [0.1, 0.15) is 16.0 Å².